The molecule has 3 aromatic heterocycles. The number of ether oxygens (including phenoxy) is 1. The molecule has 0 saturated carbocycles. The van der Waals surface area contributed by atoms with E-state index < -0.39 is 5.97 Å². The third-order valence-corrected chi connectivity index (χ3v) is 3.62. The van der Waals surface area contributed by atoms with E-state index in [9.17, 15) is 9.59 Å². The van der Waals surface area contributed by atoms with Gasteiger partial charge in [-0.25, -0.2) is 4.79 Å². The minimum absolute atomic E-state index is 0.0637. The number of carbonyl (C=O) groups is 1. The van der Waals surface area contributed by atoms with E-state index in [0.717, 1.165) is 5.56 Å². The third kappa shape index (κ3) is 3.29. The van der Waals surface area contributed by atoms with Crippen LogP contribution in [-0.4, -0.2) is 15.7 Å². The largest absolute Gasteiger partial charge is 0.455 e. The van der Waals surface area contributed by atoms with Gasteiger partial charge in [-0.2, -0.15) is 0 Å². The van der Waals surface area contributed by atoms with E-state index in [2.05, 4.69) is 5.16 Å². The number of rotatable bonds is 5. The molecule has 3 aromatic rings. The lowest BCUT2D eigenvalue weighted by molar-refractivity contribution is 0.0432. The maximum atomic E-state index is 12.1. The van der Waals surface area contributed by atoms with Crippen LogP contribution in [0.15, 0.2) is 50.3 Å². The van der Waals surface area contributed by atoms with Crippen molar-refractivity contribution in [1.29, 1.82) is 0 Å². The zero-order valence-corrected chi connectivity index (χ0v) is 13.3. The molecule has 0 aliphatic rings. The van der Waals surface area contributed by atoms with Gasteiger partial charge in [-0.1, -0.05) is 11.2 Å². The SMILES string of the molecule is Cc1noc(C)c1COC(=O)c1ccc(Cn2ccccc2=O)o1. The molecule has 0 aliphatic carbocycles. The average molecular weight is 328 g/mol. The topological polar surface area (TPSA) is 87.5 Å². The first-order chi connectivity index (χ1) is 11.5. The quantitative estimate of drug-likeness (QED) is 0.669. The van der Waals surface area contributed by atoms with Crippen LogP contribution >= 0.6 is 0 Å². The van der Waals surface area contributed by atoms with Gasteiger partial charge in [-0.3, -0.25) is 4.79 Å². The Kier molecular flexibility index (Phi) is 4.33. The molecule has 3 heterocycles. The Morgan fingerprint density at radius 3 is 2.79 bits per heavy atom. The number of nitrogens with zero attached hydrogens (tertiary/aromatic N) is 2. The Morgan fingerprint density at radius 2 is 2.08 bits per heavy atom. The summed E-state index contributed by atoms with van der Waals surface area (Å²) in [6.07, 6.45) is 1.65. The van der Waals surface area contributed by atoms with Gasteiger partial charge in [0.25, 0.3) is 5.56 Å². The van der Waals surface area contributed by atoms with Gasteiger partial charge in [0.05, 0.1) is 17.8 Å². The molecule has 7 heteroatoms. The normalized spacial score (nSPS) is 10.8. The van der Waals surface area contributed by atoms with Crippen LogP contribution in [0.2, 0.25) is 0 Å². The number of aryl methyl sites for hydroxylation is 2. The highest BCUT2D eigenvalue weighted by Gasteiger charge is 2.16. The van der Waals surface area contributed by atoms with Crippen molar-refractivity contribution in [2.45, 2.75) is 27.0 Å². The fourth-order valence-electron chi connectivity index (χ4n) is 2.25. The second-order valence-electron chi connectivity index (χ2n) is 5.31. The van der Waals surface area contributed by atoms with Crippen LogP contribution < -0.4 is 5.56 Å². The highest BCUT2D eigenvalue weighted by molar-refractivity contribution is 5.86. The molecule has 0 bridgehead atoms. The van der Waals surface area contributed by atoms with Gasteiger partial charge in [-0.05, 0) is 32.0 Å². The van der Waals surface area contributed by atoms with E-state index in [0.29, 0.717) is 17.2 Å². The molecule has 7 nitrogen and oxygen atoms in total. The summed E-state index contributed by atoms with van der Waals surface area (Å²) in [6, 6.07) is 8.05. The molecule has 0 amide bonds. The minimum atomic E-state index is -0.582. The molecule has 0 unspecified atom stereocenters. The van der Waals surface area contributed by atoms with Crippen LogP contribution in [-0.2, 0) is 17.9 Å². The predicted octanol–water partition coefficient (Wildman–Crippen LogP) is 2.45. The number of aromatic nitrogens is 2. The summed E-state index contributed by atoms with van der Waals surface area (Å²) >= 11 is 0. The summed E-state index contributed by atoms with van der Waals surface area (Å²) in [5, 5.41) is 3.80. The monoisotopic (exact) mass is 328 g/mol. The van der Waals surface area contributed by atoms with Crippen molar-refractivity contribution in [3.8, 4) is 0 Å². The van der Waals surface area contributed by atoms with Crippen LogP contribution in [0, 0.1) is 13.8 Å². The molecule has 0 aromatic carbocycles. The van der Waals surface area contributed by atoms with Crippen LogP contribution in [0.25, 0.3) is 0 Å². The van der Waals surface area contributed by atoms with E-state index >= 15 is 0 Å². The highest BCUT2D eigenvalue weighted by atomic mass is 16.5. The molecule has 24 heavy (non-hydrogen) atoms. The Morgan fingerprint density at radius 1 is 1.25 bits per heavy atom. The minimum Gasteiger partial charge on any atom is -0.455 e. The first kappa shape index (κ1) is 15.8. The van der Waals surface area contributed by atoms with Gasteiger partial charge in [0, 0.05) is 12.3 Å². The van der Waals surface area contributed by atoms with Crippen LogP contribution in [0.3, 0.4) is 0 Å². The van der Waals surface area contributed by atoms with Gasteiger partial charge in [0.2, 0.25) is 5.76 Å². The van der Waals surface area contributed by atoms with Crippen molar-refractivity contribution in [2.24, 2.45) is 0 Å². The second-order valence-corrected chi connectivity index (χ2v) is 5.31. The molecule has 0 aliphatic heterocycles. The van der Waals surface area contributed by atoms with Crippen molar-refractivity contribution >= 4 is 5.97 Å². The summed E-state index contributed by atoms with van der Waals surface area (Å²) in [6.45, 7) is 3.85. The smallest absolute Gasteiger partial charge is 0.374 e. The van der Waals surface area contributed by atoms with Crippen LogP contribution in [0.1, 0.15) is 33.3 Å². The van der Waals surface area contributed by atoms with E-state index in [1.54, 1.807) is 38.2 Å². The summed E-state index contributed by atoms with van der Waals surface area (Å²) in [4.78, 5) is 23.7. The summed E-state index contributed by atoms with van der Waals surface area (Å²) in [7, 11) is 0. The van der Waals surface area contributed by atoms with Crippen molar-refractivity contribution < 1.29 is 18.5 Å². The van der Waals surface area contributed by atoms with Crippen molar-refractivity contribution in [2.75, 3.05) is 0 Å². The van der Waals surface area contributed by atoms with E-state index in [1.807, 2.05) is 0 Å². The van der Waals surface area contributed by atoms with Crippen molar-refractivity contribution in [3.05, 3.63) is 75.4 Å². The predicted molar refractivity (Wildman–Crippen MR) is 83.6 cm³/mol. The third-order valence-electron chi connectivity index (χ3n) is 3.62. The van der Waals surface area contributed by atoms with Gasteiger partial charge in [0.15, 0.2) is 0 Å². The summed E-state index contributed by atoms with van der Waals surface area (Å²) < 4.78 is 17.2. The standard InChI is InChI=1S/C17H16N2O5/c1-11-14(12(2)24-18-11)10-22-17(21)15-7-6-13(23-15)9-19-8-4-3-5-16(19)20/h3-8H,9-10H2,1-2H3. The lowest BCUT2D eigenvalue weighted by Crippen LogP contribution is -2.17. The van der Waals surface area contributed by atoms with Gasteiger partial charge >= 0.3 is 5.97 Å². The van der Waals surface area contributed by atoms with E-state index in [1.165, 1.54) is 16.7 Å². The Balaban J connectivity index is 1.66. The fourth-order valence-corrected chi connectivity index (χ4v) is 2.25. The number of pyridine rings is 1. The number of furan rings is 1. The zero-order chi connectivity index (χ0) is 17.1. The van der Waals surface area contributed by atoms with Crippen LogP contribution in [0.5, 0.6) is 0 Å². The van der Waals surface area contributed by atoms with Gasteiger partial charge < -0.3 is 18.2 Å². The molecule has 0 spiro atoms. The lowest BCUT2D eigenvalue weighted by atomic mass is 10.2. The van der Waals surface area contributed by atoms with Crippen molar-refractivity contribution in [1.82, 2.24) is 9.72 Å². The summed E-state index contributed by atoms with van der Waals surface area (Å²) in [5.41, 5.74) is 1.28. The Bertz CT molecular complexity index is 899. The number of hydrogen-bond donors (Lipinski definition) is 0. The molecular weight excluding hydrogens is 312 g/mol. The highest BCUT2D eigenvalue weighted by Crippen LogP contribution is 2.16. The number of esters is 1. The van der Waals surface area contributed by atoms with Gasteiger partial charge in [0.1, 0.15) is 18.1 Å². The maximum absolute atomic E-state index is 12.1. The molecule has 0 fully saturated rings. The molecule has 124 valence electrons. The summed E-state index contributed by atoms with van der Waals surface area (Å²) in [5.74, 6) is 0.610. The number of hydrogen-bond acceptors (Lipinski definition) is 6. The molecule has 0 saturated heterocycles. The first-order valence-corrected chi connectivity index (χ1v) is 7.37. The molecular formula is C17H16N2O5. The molecule has 0 atom stereocenters. The molecule has 3 rings (SSSR count). The van der Waals surface area contributed by atoms with E-state index in [-0.39, 0.29) is 24.5 Å². The van der Waals surface area contributed by atoms with Crippen molar-refractivity contribution in [3.63, 3.8) is 0 Å². The zero-order valence-electron chi connectivity index (χ0n) is 13.3. The molecule has 0 N–H and O–H groups in total. The van der Waals surface area contributed by atoms with E-state index in [4.69, 9.17) is 13.7 Å². The first-order valence-electron chi connectivity index (χ1n) is 7.37. The Hall–Kier alpha value is -3.09. The molecule has 0 radical (unpaired) electrons. The number of carbonyl (C=O) groups excluding carboxylic acids is 1. The maximum Gasteiger partial charge on any atom is 0.374 e. The second kappa shape index (κ2) is 6.57. The lowest BCUT2D eigenvalue weighted by Gasteiger charge is -2.03. The average Bonchev–Trinajstić information content (AvgIpc) is 3.15. The fraction of sp³-hybridized carbons (Fsp3) is 0.235. The Labute approximate surface area is 137 Å². The van der Waals surface area contributed by atoms with Gasteiger partial charge in [-0.15, -0.1) is 0 Å². The van der Waals surface area contributed by atoms with Crippen LogP contribution in [0.4, 0.5) is 0 Å².